The fourth-order valence-electron chi connectivity index (χ4n) is 5.81. The molecule has 226 valence electrons. The van der Waals surface area contributed by atoms with E-state index in [1.807, 2.05) is 26.0 Å². The molecule has 2 aliphatic rings. The Morgan fingerprint density at radius 1 is 1.07 bits per heavy atom. The number of benzene rings is 1. The fourth-order valence-corrected chi connectivity index (χ4v) is 7.86. The lowest BCUT2D eigenvalue weighted by molar-refractivity contribution is -0.125. The number of hydrogen-bond donors (Lipinski definition) is 4. The van der Waals surface area contributed by atoms with E-state index in [1.54, 1.807) is 11.4 Å². The standard InChI is InChI=1S/C29H49N5O5S/c1-22-20-24(33(3)28(30)37)21-23(2)25(22)13-19-40(4,38,39)34-16-14-29(15-17-34)27(36)31-26(32-29)12-10-8-6-5-7-9-11-18-35/h20-21,35H,5-19H2,1-4H3,(H2,30,37)(H,38,39)(H,31,32,36). The number of aliphatic hydroxyl groups excluding tert-OH is 1. The molecule has 0 radical (unpaired) electrons. The number of hydrogen-bond acceptors (Lipinski definition) is 5. The fraction of sp³-hybridized carbons (Fsp3) is 0.690. The smallest absolute Gasteiger partial charge is 0.318 e. The number of piperidine rings is 1. The molecule has 10 nitrogen and oxygen atoms in total. The number of anilines is 1. The summed E-state index contributed by atoms with van der Waals surface area (Å²) in [4.78, 5) is 30.6. The van der Waals surface area contributed by atoms with Crippen molar-refractivity contribution in [3.63, 3.8) is 0 Å². The van der Waals surface area contributed by atoms with E-state index in [4.69, 9.17) is 15.8 Å². The second kappa shape index (κ2) is 13.1. The van der Waals surface area contributed by atoms with Gasteiger partial charge in [-0.15, -0.1) is 9.53 Å². The first kappa shape index (κ1) is 32.2. The van der Waals surface area contributed by atoms with Crippen LogP contribution >= 0.6 is 0 Å². The van der Waals surface area contributed by atoms with Gasteiger partial charge in [0.2, 0.25) is 0 Å². The van der Waals surface area contributed by atoms with Crippen LogP contribution in [0.25, 0.3) is 0 Å². The van der Waals surface area contributed by atoms with Crippen molar-refractivity contribution in [2.24, 2.45) is 10.7 Å². The Balaban J connectivity index is 1.55. The number of rotatable bonds is 14. The minimum atomic E-state index is -4.13. The molecule has 1 fully saturated rings. The minimum absolute atomic E-state index is 0.0810. The third-order valence-electron chi connectivity index (χ3n) is 8.53. The van der Waals surface area contributed by atoms with Crippen LogP contribution in [-0.4, -0.2) is 80.2 Å². The van der Waals surface area contributed by atoms with Crippen molar-refractivity contribution in [1.82, 2.24) is 9.62 Å². The summed E-state index contributed by atoms with van der Waals surface area (Å²) in [5.74, 6) is 0.738. The number of aliphatic imine (C=N–C) groups is 1. The highest BCUT2D eigenvalue weighted by molar-refractivity contribution is 8.12. The molecule has 0 unspecified atom stereocenters. The highest BCUT2D eigenvalue weighted by Gasteiger charge is 2.48. The number of carbonyl (C=O) groups is 2. The van der Waals surface area contributed by atoms with E-state index in [2.05, 4.69) is 5.32 Å². The van der Waals surface area contributed by atoms with Crippen LogP contribution in [0.15, 0.2) is 17.1 Å². The molecular formula is C29H49N5O5S. The van der Waals surface area contributed by atoms with Crippen molar-refractivity contribution in [1.29, 1.82) is 0 Å². The molecule has 1 aromatic carbocycles. The predicted octanol–water partition coefficient (Wildman–Crippen LogP) is 3.67. The molecule has 3 rings (SSSR count). The predicted molar refractivity (Wildman–Crippen MR) is 162 cm³/mol. The number of urea groups is 1. The minimum Gasteiger partial charge on any atom is -0.396 e. The average Bonchev–Trinajstić information content (AvgIpc) is 3.18. The third kappa shape index (κ3) is 7.90. The number of aryl methyl sites for hydroxylation is 2. The molecule has 0 bridgehead atoms. The number of nitrogens with zero attached hydrogens (tertiary/aromatic N) is 3. The number of carbonyl (C=O) groups excluding carboxylic acids is 2. The summed E-state index contributed by atoms with van der Waals surface area (Å²) in [5, 5.41) is 11.8. The van der Waals surface area contributed by atoms with Gasteiger partial charge in [0.25, 0.3) is 5.91 Å². The van der Waals surface area contributed by atoms with Gasteiger partial charge in [-0.05, 0) is 74.8 Å². The molecule has 0 atom stereocenters. The highest BCUT2D eigenvalue weighted by atomic mass is 32.3. The maximum Gasteiger partial charge on any atom is 0.318 e. The molecule has 0 aliphatic carbocycles. The Bertz CT molecular complexity index is 1150. The Morgan fingerprint density at radius 3 is 2.17 bits per heavy atom. The quantitative estimate of drug-likeness (QED) is 0.248. The van der Waals surface area contributed by atoms with E-state index in [0.29, 0.717) is 38.0 Å². The topological polar surface area (TPSA) is 149 Å². The Labute approximate surface area is 239 Å². The van der Waals surface area contributed by atoms with Crippen LogP contribution in [0.5, 0.6) is 0 Å². The maximum absolute atomic E-state index is 13.9. The van der Waals surface area contributed by atoms with Gasteiger partial charge in [0.15, 0.2) is 0 Å². The number of amidine groups is 1. The SMILES string of the molecule is Cc1cc(N(C)C(N)=O)cc(C)c1CCS(C)(=O)(O)N1CCC2(CC1)N=C(CCCCCCCCCO)NC2=O. The third-order valence-corrected chi connectivity index (χ3v) is 11.4. The van der Waals surface area contributed by atoms with Gasteiger partial charge in [0, 0.05) is 45.1 Å². The van der Waals surface area contributed by atoms with E-state index < -0.39 is 21.1 Å². The molecule has 40 heavy (non-hydrogen) atoms. The van der Waals surface area contributed by atoms with Gasteiger partial charge >= 0.3 is 6.03 Å². The number of nitrogens with one attached hydrogen (secondary N) is 1. The zero-order chi connectivity index (χ0) is 29.6. The maximum atomic E-state index is 13.9. The number of primary amides is 1. The van der Waals surface area contributed by atoms with Crippen molar-refractivity contribution in [2.45, 2.75) is 90.0 Å². The van der Waals surface area contributed by atoms with E-state index in [-0.39, 0.29) is 18.3 Å². The largest absolute Gasteiger partial charge is 0.396 e. The van der Waals surface area contributed by atoms with Crippen molar-refractivity contribution in [3.05, 3.63) is 28.8 Å². The summed E-state index contributed by atoms with van der Waals surface area (Å²) < 4.78 is 27.0. The van der Waals surface area contributed by atoms with Crippen LogP contribution in [0.2, 0.25) is 0 Å². The molecule has 5 N–H and O–H groups in total. The Hall–Kier alpha value is -2.34. The molecule has 1 spiro atoms. The zero-order valence-corrected chi connectivity index (χ0v) is 25.5. The summed E-state index contributed by atoms with van der Waals surface area (Å²) in [5.41, 5.74) is 8.13. The van der Waals surface area contributed by atoms with Gasteiger partial charge in [-0.25, -0.2) is 9.10 Å². The number of nitrogens with two attached hydrogens (primary N) is 1. The lowest BCUT2D eigenvalue weighted by atomic mass is 9.89. The summed E-state index contributed by atoms with van der Waals surface area (Å²) in [6.45, 7) is 4.79. The molecule has 0 saturated carbocycles. The lowest BCUT2D eigenvalue weighted by Gasteiger charge is -2.52. The summed E-state index contributed by atoms with van der Waals surface area (Å²) in [7, 11) is -2.51. The second-order valence-electron chi connectivity index (χ2n) is 11.8. The average molecular weight is 580 g/mol. The molecular weight excluding hydrogens is 530 g/mol. The van der Waals surface area contributed by atoms with Gasteiger partial charge in [-0.1, -0.05) is 32.1 Å². The second-order valence-corrected chi connectivity index (χ2v) is 15.5. The van der Waals surface area contributed by atoms with E-state index >= 15 is 0 Å². The zero-order valence-electron chi connectivity index (χ0n) is 24.7. The first-order chi connectivity index (χ1) is 18.8. The van der Waals surface area contributed by atoms with Crippen LogP contribution in [0.4, 0.5) is 10.5 Å². The lowest BCUT2D eigenvalue weighted by Crippen LogP contribution is -2.59. The Morgan fingerprint density at radius 2 is 1.62 bits per heavy atom. The van der Waals surface area contributed by atoms with Gasteiger partial charge in [0.05, 0.1) is 5.75 Å². The van der Waals surface area contributed by atoms with Crippen LogP contribution < -0.4 is 16.0 Å². The molecule has 1 saturated heterocycles. The molecule has 3 amide bonds. The van der Waals surface area contributed by atoms with Gasteiger partial charge in [-0.2, -0.15) is 4.21 Å². The molecule has 2 heterocycles. The van der Waals surface area contributed by atoms with Gasteiger partial charge in [0.1, 0.15) is 11.4 Å². The number of unbranched alkanes of at least 4 members (excludes halogenated alkanes) is 6. The van der Waals surface area contributed by atoms with Crippen LogP contribution in [-0.2, 0) is 20.7 Å². The highest BCUT2D eigenvalue weighted by Crippen LogP contribution is 2.37. The molecule has 0 aromatic heterocycles. The normalized spacial score (nSPS) is 18.3. The first-order valence-electron chi connectivity index (χ1n) is 14.5. The number of aliphatic hydroxyl groups is 1. The van der Waals surface area contributed by atoms with Crippen molar-refractivity contribution in [3.8, 4) is 0 Å². The summed E-state index contributed by atoms with van der Waals surface area (Å²) in [6.07, 6.45) is 10.9. The monoisotopic (exact) mass is 579 g/mol. The van der Waals surface area contributed by atoms with E-state index in [9.17, 15) is 18.4 Å². The van der Waals surface area contributed by atoms with Crippen LogP contribution in [0.1, 0.15) is 80.9 Å². The van der Waals surface area contributed by atoms with Crippen LogP contribution in [0.3, 0.4) is 0 Å². The summed E-state index contributed by atoms with van der Waals surface area (Å²) >= 11 is 0. The van der Waals surface area contributed by atoms with E-state index in [1.165, 1.54) is 11.2 Å². The molecule has 2 aliphatic heterocycles. The Kier molecular flexibility index (Phi) is 10.5. The molecule has 11 heteroatoms. The molecule has 1 aromatic rings. The van der Waals surface area contributed by atoms with Crippen molar-refractivity contribution >= 4 is 33.0 Å². The van der Waals surface area contributed by atoms with Crippen LogP contribution in [0, 0.1) is 13.8 Å². The van der Waals surface area contributed by atoms with E-state index in [0.717, 1.165) is 73.9 Å². The summed E-state index contributed by atoms with van der Waals surface area (Å²) in [6, 6.07) is 3.20. The van der Waals surface area contributed by atoms with Gasteiger partial charge < -0.3 is 16.2 Å². The van der Waals surface area contributed by atoms with Crippen molar-refractivity contribution in [2.75, 3.05) is 43.7 Å². The van der Waals surface area contributed by atoms with Crippen molar-refractivity contribution < 1.29 is 23.5 Å². The number of amides is 3. The first-order valence-corrected chi connectivity index (χ1v) is 17.0. The van der Waals surface area contributed by atoms with Gasteiger partial charge in [-0.3, -0.25) is 19.2 Å².